The van der Waals surface area contributed by atoms with Gasteiger partial charge < -0.3 is 11.1 Å². The molecule has 1 amide bonds. The van der Waals surface area contributed by atoms with Crippen LogP contribution in [0.25, 0.3) is 0 Å². The van der Waals surface area contributed by atoms with E-state index in [2.05, 4.69) is 10.3 Å². The van der Waals surface area contributed by atoms with Crippen LogP contribution in [0.4, 0.5) is 5.69 Å². The Labute approximate surface area is 110 Å². The number of carbonyl (C=O) groups excluding carboxylic acids is 1. The minimum atomic E-state index is -1.54. The van der Waals surface area contributed by atoms with Gasteiger partial charge in [0.1, 0.15) is 5.25 Å². The molecule has 3 unspecified atom stereocenters. The first-order valence-electron chi connectivity index (χ1n) is 5.88. The predicted octanol–water partition coefficient (Wildman–Crippen LogP) is 1.07. The van der Waals surface area contributed by atoms with Gasteiger partial charge in [-0.15, -0.1) is 0 Å². The summed E-state index contributed by atoms with van der Waals surface area (Å²) < 4.78 is 12.2. The third-order valence-corrected chi connectivity index (χ3v) is 4.26. The number of hydrogen-bond acceptors (Lipinski definition) is 4. The van der Waals surface area contributed by atoms with Crippen LogP contribution in [-0.4, -0.2) is 26.4 Å². The summed E-state index contributed by atoms with van der Waals surface area (Å²) in [5.41, 5.74) is 6.05. The van der Waals surface area contributed by atoms with E-state index in [0.717, 1.165) is 6.42 Å². The van der Waals surface area contributed by atoms with E-state index in [1.54, 1.807) is 19.1 Å². The molecule has 3 atom stereocenters. The average molecular weight is 269 g/mol. The molecule has 0 radical (unpaired) electrons. The highest BCUT2D eigenvalue weighted by Gasteiger charge is 2.24. The first-order valence-corrected chi connectivity index (χ1v) is 7.10. The molecule has 0 aliphatic heterocycles. The van der Waals surface area contributed by atoms with Crippen molar-refractivity contribution < 1.29 is 9.00 Å². The van der Waals surface area contributed by atoms with Gasteiger partial charge in [0.15, 0.2) is 5.03 Å². The number of nitrogens with zero attached hydrogens (tertiary/aromatic N) is 1. The number of rotatable bonds is 5. The fraction of sp³-hybridized carbons (Fsp3) is 0.500. The minimum Gasteiger partial charge on any atom is -0.396 e. The van der Waals surface area contributed by atoms with Gasteiger partial charge in [-0.3, -0.25) is 9.00 Å². The highest BCUT2D eigenvalue weighted by Crippen LogP contribution is 2.15. The maximum absolute atomic E-state index is 12.2. The summed E-state index contributed by atoms with van der Waals surface area (Å²) in [6, 6.07) is 3.36. The van der Waals surface area contributed by atoms with Crippen LogP contribution in [0.15, 0.2) is 23.4 Å². The number of anilines is 1. The van der Waals surface area contributed by atoms with Crippen molar-refractivity contribution in [1.82, 2.24) is 10.3 Å². The van der Waals surface area contributed by atoms with Crippen LogP contribution in [0.5, 0.6) is 0 Å². The van der Waals surface area contributed by atoms with Crippen molar-refractivity contribution in [3.8, 4) is 0 Å². The van der Waals surface area contributed by atoms with Gasteiger partial charge in [0.25, 0.3) is 0 Å². The van der Waals surface area contributed by atoms with Gasteiger partial charge in [0.2, 0.25) is 5.91 Å². The molecule has 1 aromatic rings. The zero-order valence-electron chi connectivity index (χ0n) is 10.8. The van der Waals surface area contributed by atoms with E-state index in [-0.39, 0.29) is 17.0 Å². The van der Waals surface area contributed by atoms with E-state index < -0.39 is 16.0 Å². The van der Waals surface area contributed by atoms with Gasteiger partial charge in [0.05, 0.1) is 16.5 Å². The Balaban J connectivity index is 2.79. The van der Waals surface area contributed by atoms with Gasteiger partial charge in [-0.25, -0.2) is 4.98 Å². The Morgan fingerprint density at radius 2 is 2.22 bits per heavy atom. The molecule has 1 rings (SSSR count). The van der Waals surface area contributed by atoms with E-state index in [0.29, 0.717) is 5.69 Å². The zero-order valence-corrected chi connectivity index (χ0v) is 11.7. The number of aromatic nitrogens is 1. The summed E-state index contributed by atoms with van der Waals surface area (Å²) in [6.45, 7) is 5.49. The van der Waals surface area contributed by atoms with Gasteiger partial charge in [-0.2, -0.15) is 0 Å². The van der Waals surface area contributed by atoms with Crippen molar-refractivity contribution in [3.63, 3.8) is 0 Å². The summed E-state index contributed by atoms with van der Waals surface area (Å²) in [5.74, 6) is -0.243. The van der Waals surface area contributed by atoms with Crippen LogP contribution in [0.1, 0.15) is 27.2 Å². The van der Waals surface area contributed by atoms with Crippen LogP contribution in [0, 0.1) is 0 Å². The molecule has 0 fully saturated rings. The standard InChI is InChI=1S/C12H19N3O2S/c1-4-8(2)15-11(16)9(3)18(17)12-10(13)6-5-7-14-12/h5-9H,4,13H2,1-3H3,(H,15,16). The molecule has 0 aromatic carbocycles. The molecule has 0 saturated heterocycles. The van der Waals surface area contributed by atoms with Crippen LogP contribution in [0.2, 0.25) is 0 Å². The van der Waals surface area contributed by atoms with Crippen LogP contribution in [0.3, 0.4) is 0 Å². The second-order valence-corrected chi connectivity index (χ2v) is 5.84. The molecule has 6 heteroatoms. The molecule has 1 aromatic heterocycles. The SMILES string of the molecule is CCC(C)NC(=O)C(C)S(=O)c1ncccc1N. The first-order chi connectivity index (χ1) is 8.47. The smallest absolute Gasteiger partial charge is 0.236 e. The number of hydrogen-bond donors (Lipinski definition) is 2. The average Bonchev–Trinajstić information content (AvgIpc) is 2.37. The Morgan fingerprint density at radius 3 is 2.78 bits per heavy atom. The number of pyridine rings is 1. The Hall–Kier alpha value is -1.43. The van der Waals surface area contributed by atoms with Gasteiger partial charge in [0, 0.05) is 12.2 Å². The van der Waals surface area contributed by atoms with Crippen molar-refractivity contribution in [2.45, 2.75) is 43.5 Å². The third-order valence-electron chi connectivity index (χ3n) is 2.68. The van der Waals surface area contributed by atoms with E-state index in [9.17, 15) is 9.00 Å². The van der Waals surface area contributed by atoms with Crippen LogP contribution >= 0.6 is 0 Å². The van der Waals surface area contributed by atoms with E-state index in [4.69, 9.17) is 5.73 Å². The fourth-order valence-electron chi connectivity index (χ4n) is 1.30. The molecule has 100 valence electrons. The third kappa shape index (κ3) is 3.53. The number of nitrogens with two attached hydrogens (primary N) is 1. The lowest BCUT2D eigenvalue weighted by Crippen LogP contribution is -2.40. The molecule has 0 aliphatic rings. The lowest BCUT2D eigenvalue weighted by Gasteiger charge is -2.16. The molecule has 18 heavy (non-hydrogen) atoms. The maximum atomic E-state index is 12.2. The zero-order chi connectivity index (χ0) is 13.7. The summed E-state index contributed by atoms with van der Waals surface area (Å²) >= 11 is 0. The Kier molecular flexibility index (Phi) is 5.27. The molecule has 5 nitrogen and oxygen atoms in total. The molecule has 0 spiro atoms. The normalized spacial score (nSPS) is 15.7. The van der Waals surface area contributed by atoms with E-state index >= 15 is 0 Å². The molecule has 0 aliphatic carbocycles. The fourth-order valence-corrected chi connectivity index (χ4v) is 2.36. The van der Waals surface area contributed by atoms with Gasteiger partial charge >= 0.3 is 0 Å². The van der Waals surface area contributed by atoms with Crippen molar-refractivity contribution in [2.24, 2.45) is 0 Å². The highest BCUT2D eigenvalue weighted by atomic mass is 32.2. The van der Waals surface area contributed by atoms with E-state index in [1.165, 1.54) is 6.20 Å². The topological polar surface area (TPSA) is 85.1 Å². The summed E-state index contributed by atoms with van der Waals surface area (Å²) in [7, 11) is -1.54. The Bertz CT molecular complexity index is 451. The highest BCUT2D eigenvalue weighted by molar-refractivity contribution is 7.86. The molecule has 0 saturated carbocycles. The number of nitrogens with one attached hydrogen (secondary N) is 1. The lowest BCUT2D eigenvalue weighted by atomic mass is 10.2. The second-order valence-electron chi connectivity index (χ2n) is 4.16. The lowest BCUT2D eigenvalue weighted by molar-refractivity contribution is -0.120. The number of nitrogen functional groups attached to an aromatic ring is 1. The van der Waals surface area contributed by atoms with Gasteiger partial charge in [-0.1, -0.05) is 6.92 Å². The van der Waals surface area contributed by atoms with Crippen LogP contribution < -0.4 is 11.1 Å². The summed E-state index contributed by atoms with van der Waals surface area (Å²) in [5, 5.41) is 2.40. The van der Waals surface area contributed by atoms with Crippen molar-refractivity contribution in [1.29, 1.82) is 0 Å². The Morgan fingerprint density at radius 1 is 1.56 bits per heavy atom. The molecule has 0 bridgehead atoms. The van der Waals surface area contributed by atoms with Crippen LogP contribution in [-0.2, 0) is 15.6 Å². The predicted molar refractivity (Wildman–Crippen MR) is 72.4 cm³/mol. The molecule has 1 heterocycles. The summed E-state index contributed by atoms with van der Waals surface area (Å²) in [4.78, 5) is 15.8. The van der Waals surface area contributed by atoms with Crippen molar-refractivity contribution in [2.75, 3.05) is 5.73 Å². The van der Waals surface area contributed by atoms with Gasteiger partial charge in [-0.05, 0) is 32.4 Å². The second kappa shape index (κ2) is 6.49. The number of amides is 1. The van der Waals surface area contributed by atoms with Crippen molar-refractivity contribution >= 4 is 22.4 Å². The monoisotopic (exact) mass is 269 g/mol. The minimum absolute atomic E-state index is 0.0676. The molecular weight excluding hydrogens is 250 g/mol. The first kappa shape index (κ1) is 14.6. The quantitative estimate of drug-likeness (QED) is 0.837. The maximum Gasteiger partial charge on any atom is 0.236 e. The molecule has 3 N–H and O–H groups in total. The van der Waals surface area contributed by atoms with E-state index in [1.807, 2.05) is 13.8 Å². The largest absolute Gasteiger partial charge is 0.396 e. The van der Waals surface area contributed by atoms with Crippen molar-refractivity contribution in [3.05, 3.63) is 18.3 Å². The number of carbonyl (C=O) groups is 1. The molecular formula is C12H19N3O2S. The summed E-state index contributed by atoms with van der Waals surface area (Å²) in [6.07, 6.45) is 2.35.